The van der Waals surface area contributed by atoms with Crippen LogP contribution in [0.2, 0.25) is 0 Å². The molecule has 0 bridgehead atoms. The molecule has 0 N–H and O–H groups in total. The molecule has 0 fully saturated rings. The molecule has 2 nitrogen and oxygen atoms in total. The van der Waals surface area contributed by atoms with Crippen LogP contribution < -0.4 is 0 Å². The van der Waals surface area contributed by atoms with Gasteiger partial charge in [-0.1, -0.05) is 54.6 Å². The zero-order valence-corrected chi connectivity index (χ0v) is 9.59. The van der Waals surface area contributed by atoms with Gasteiger partial charge in [0, 0.05) is 0 Å². The fourth-order valence-corrected chi connectivity index (χ4v) is 1.72. The van der Waals surface area contributed by atoms with Gasteiger partial charge in [0.05, 0.1) is 0 Å². The van der Waals surface area contributed by atoms with Crippen LogP contribution in [0.3, 0.4) is 0 Å². The van der Waals surface area contributed by atoms with E-state index in [1.165, 1.54) is 12.0 Å². The average molecular weight is 225 g/mol. The molecule has 0 saturated carbocycles. The SMILES string of the molecule is CC(O[C]=O)c1ccc(-c2ccccc2)cc1. The Bertz CT molecular complexity index is 474. The fourth-order valence-electron chi connectivity index (χ4n) is 1.72. The third-order valence-corrected chi connectivity index (χ3v) is 2.71. The Labute approximate surface area is 101 Å². The van der Waals surface area contributed by atoms with Gasteiger partial charge >= 0.3 is 6.47 Å². The molecule has 2 aromatic rings. The minimum atomic E-state index is -0.252. The molecule has 0 heterocycles. The summed E-state index contributed by atoms with van der Waals surface area (Å²) >= 11 is 0. The third kappa shape index (κ3) is 2.72. The Hall–Kier alpha value is -2.09. The van der Waals surface area contributed by atoms with Crippen LogP contribution >= 0.6 is 0 Å². The van der Waals surface area contributed by atoms with Crippen LogP contribution in [0.1, 0.15) is 18.6 Å². The van der Waals surface area contributed by atoms with Crippen molar-refractivity contribution in [1.82, 2.24) is 0 Å². The van der Waals surface area contributed by atoms with E-state index < -0.39 is 0 Å². The summed E-state index contributed by atoms with van der Waals surface area (Å²) in [4.78, 5) is 10.1. The Kier molecular flexibility index (Phi) is 3.55. The van der Waals surface area contributed by atoms with E-state index in [0.717, 1.165) is 11.1 Å². The second-order valence-electron chi connectivity index (χ2n) is 3.83. The second-order valence-corrected chi connectivity index (χ2v) is 3.83. The molecule has 1 radical (unpaired) electrons. The van der Waals surface area contributed by atoms with Crippen molar-refractivity contribution in [3.8, 4) is 11.1 Å². The Morgan fingerprint density at radius 2 is 1.53 bits per heavy atom. The lowest BCUT2D eigenvalue weighted by Gasteiger charge is -2.09. The summed E-state index contributed by atoms with van der Waals surface area (Å²) in [6.07, 6.45) is -0.252. The van der Waals surface area contributed by atoms with Crippen molar-refractivity contribution >= 4 is 6.47 Å². The molecule has 0 saturated heterocycles. The summed E-state index contributed by atoms with van der Waals surface area (Å²) < 4.78 is 4.77. The van der Waals surface area contributed by atoms with Crippen LogP contribution in [0.4, 0.5) is 0 Å². The van der Waals surface area contributed by atoms with Gasteiger partial charge in [-0.25, -0.2) is 4.79 Å². The summed E-state index contributed by atoms with van der Waals surface area (Å²) in [5.41, 5.74) is 3.29. The standard InChI is InChI=1S/C15H13O2/c1-12(17-11-16)13-7-9-15(10-8-13)14-5-3-2-4-6-14/h2-10,12H,1H3. The van der Waals surface area contributed by atoms with Crippen LogP contribution in [0.5, 0.6) is 0 Å². The number of carbonyl (C=O) groups excluding carboxylic acids is 1. The lowest BCUT2D eigenvalue weighted by molar-refractivity contribution is 0.198. The molecule has 0 aliphatic carbocycles. The van der Waals surface area contributed by atoms with Crippen molar-refractivity contribution in [3.05, 3.63) is 60.2 Å². The van der Waals surface area contributed by atoms with Gasteiger partial charge in [0.15, 0.2) is 0 Å². The van der Waals surface area contributed by atoms with Crippen molar-refractivity contribution in [2.75, 3.05) is 0 Å². The Morgan fingerprint density at radius 3 is 2.12 bits per heavy atom. The van der Waals surface area contributed by atoms with Crippen LogP contribution in [0.15, 0.2) is 54.6 Å². The van der Waals surface area contributed by atoms with Crippen LogP contribution in [0, 0.1) is 0 Å². The lowest BCUT2D eigenvalue weighted by atomic mass is 10.0. The first kappa shape index (κ1) is 11.4. The number of ether oxygens (including phenoxy) is 1. The smallest absolute Gasteiger partial charge is 0.418 e. The molecule has 1 unspecified atom stereocenters. The van der Waals surface area contributed by atoms with Crippen LogP contribution in [0.25, 0.3) is 11.1 Å². The maximum absolute atomic E-state index is 10.1. The van der Waals surface area contributed by atoms with E-state index in [1.54, 1.807) is 0 Å². The van der Waals surface area contributed by atoms with E-state index in [2.05, 4.69) is 12.1 Å². The van der Waals surface area contributed by atoms with Gasteiger partial charge in [-0.2, -0.15) is 0 Å². The van der Waals surface area contributed by atoms with E-state index in [4.69, 9.17) is 4.74 Å². The van der Waals surface area contributed by atoms with E-state index in [9.17, 15) is 4.79 Å². The average Bonchev–Trinajstić information content (AvgIpc) is 2.40. The number of hydrogen-bond donors (Lipinski definition) is 0. The molecule has 0 aliphatic rings. The Balaban J connectivity index is 2.21. The number of benzene rings is 2. The maximum atomic E-state index is 10.1. The van der Waals surface area contributed by atoms with Gasteiger partial charge in [-0.15, -0.1) is 0 Å². The first-order chi connectivity index (χ1) is 8.31. The van der Waals surface area contributed by atoms with Gasteiger partial charge in [-0.3, -0.25) is 0 Å². The van der Waals surface area contributed by atoms with Gasteiger partial charge in [0.25, 0.3) is 0 Å². The first-order valence-corrected chi connectivity index (χ1v) is 5.49. The highest BCUT2D eigenvalue weighted by Crippen LogP contribution is 2.22. The van der Waals surface area contributed by atoms with Crippen LogP contribution in [-0.2, 0) is 9.53 Å². The highest BCUT2D eigenvalue weighted by molar-refractivity contribution is 5.63. The lowest BCUT2D eigenvalue weighted by Crippen LogP contribution is -1.97. The van der Waals surface area contributed by atoms with Crippen molar-refractivity contribution < 1.29 is 9.53 Å². The highest BCUT2D eigenvalue weighted by atomic mass is 16.5. The van der Waals surface area contributed by atoms with Gasteiger partial charge in [0.1, 0.15) is 6.10 Å². The van der Waals surface area contributed by atoms with Crippen molar-refractivity contribution in [1.29, 1.82) is 0 Å². The summed E-state index contributed by atoms with van der Waals surface area (Å²) in [5.74, 6) is 0. The normalized spacial score (nSPS) is 11.8. The van der Waals surface area contributed by atoms with Crippen molar-refractivity contribution in [2.45, 2.75) is 13.0 Å². The third-order valence-electron chi connectivity index (χ3n) is 2.71. The van der Waals surface area contributed by atoms with Gasteiger partial charge in [0.2, 0.25) is 0 Å². The van der Waals surface area contributed by atoms with E-state index in [0.29, 0.717) is 0 Å². The molecular formula is C15H13O2. The molecule has 0 aliphatic heterocycles. The second kappa shape index (κ2) is 5.30. The topological polar surface area (TPSA) is 26.3 Å². The zero-order chi connectivity index (χ0) is 12.1. The predicted molar refractivity (Wildman–Crippen MR) is 67.1 cm³/mol. The number of rotatable bonds is 4. The summed E-state index contributed by atoms with van der Waals surface area (Å²) in [6.45, 7) is 3.28. The highest BCUT2D eigenvalue weighted by Gasteiger charge is 2.05. The van der Waals surface area contributed by atoms with Gasteiger partial charge in [-0.05, 0) is 23.6 Å². The molecule has 17 heavy (non-hydrogen) atoms. The fraction of sp³-hybridized carbons (Fsp3) is 0.133. The van der Waals surface area contributed by atoms with Crippen molar-refractivity contribution in [3.63, 3.8) is 0 Å². The van der Waals surface area contributed by atoms with Crippen LogP contribution in [-0.4, -0.2) is 6.47 Å². The molecule has 0 aromatic heterocycles. The van der Waals surface area contributed by atoms with E-state index in [-0.39, 0.29) is 6.10 Å². The molecule has 2 rings (SSSR count). The molecule has 1 atom stereocenters. The summed E-state index contributed by atoms with van der Waals surface area (Å²) in [5, 5.41) is 0. The quantitative estimate of drug-likeness (QED) is 0.796. The van der Waals surface area contributed by atoms with E-state index in [1.807, 2.05) is 49.4 Å². The number of hydrogen-bond acceptors (Lipinski definition) is 2. The first-order valence-electron chi connectivity index (χ1n) is 5.49. The minimum absolute atomic E-state index is 0.252. The molecule has 2 heteroatoms. The molecule has 0 spiro atoms. The monoisotopic (exact) mass is 225 g/mol. The summed E-state index contributed by atoms with van der Waals surface area (Å²) in [7, 11) is 0. The molecule has 85 valence electrons. The maximum Gasteiger partial charge on any atom is 0.418 e. The van der Waals surface area contributed by atoms with E-state index >= 15 is 0 Å². The van der Waals surface area contributed by atoms with Gasteiger partial charge < -0.3 is 4.74 Å². The summed E-state index contributed by atoms with van der Waals surface area (Å²) in [6, 6.07) is 18.1. The van der Waals surface area contributed by atoms with Crippen molar-refractivity contribution in [2.24, 2.45) is 0 Å². The minimum Gasteiger partial charge on any atom is -0.449 e. The molecule has 2 aromatic carbocycles. The molecular weight excluding hydrogens is 212 g/mol. The zero-order valence-electron chi connectivity index (χ0n) is 9.59. The predicted octanol–water partition coefficient (Wildman–Crippen LogP) is 3.50. The Morgan fingerprint density at radius 1 is 0.941 bits per heavy atom. The largest absolute Gasteiger partial charge is 0.449 e. The molecule has 0 amide bonds.